The van der Waals surface area contributed by atoms with Crippen molar-refractivity contribution in [2.45, 2.75) is 26.4 Å². The van der Waals surface area contributed by atoms with E-state index in [9.17, 15) is 0 Å². The topological polar surface area (TPSA) is 36.9 Å². The molecule has 0 N–H and O–H groups in total. The van der Waals surface area contributed by atoms with E-state index in [1.807, 2.05) is 0 Å². The molecule has 0 aliphatic carbocycles. The van der Waals surface area contributed by atoms with Crippen LogP contribution in [0, 0.1) is 0 Å². The van der Waals surface area contributed by atoms with E-state index in [1.54, 1.807) is 39.5 Å². The molecule has 15 heavy (non-hydrogen) atoms. The van der Waals surface area contributed by atoms with Crippen molar-refractivity contribution in [3.05, 3.63) is 24.6 Å². The van der Waals surface area contributed by atoms with E-state index in [2.05, 4.69) is 13.2 Å². The lowest BCUT2D eigenvalue weighted by molar-refractivity contribution is -0.0967. The summed E-state index contributed by atoms with van der Waals surface area (Å²) >= 11 is 0. The lowest BCUT2D eigenvalue weighted by Gasteiger charge is -2.29. The summed E-state index contributed by atoms with van der Waals surface area (Å²) in [7, 11) is 0.497. The van der Waals surface area contributed by atoms with Gasteiger partial charge in [-0.05, 0) is 25.2 Å². The molecule has 88 valence electrons. The van der Waals surface area contributed by atoms with Crippen LogP contribution >= 0.6 is 0 Å². The Balaban J connectivity index is 4.56. The molecular formula is C10H20O4Si. The Morgan fingerprint density at radius 2 is 1.27 bits per heavy atom. The standard InChI is InChI=1S/C10H20O4Si/c1-7-15(8-2,13-9(3)11-5)14-10(4)12-6/h7-10H,1-2H2,3-6H3. The van der Waals surface area contributed by atoms with Gasteiger partial charge in [0, 0.05) is 14.2 Å². The Kier molecular flexibility index (Phi) is 6.70. The molecule has 2 atom stereocenters. The van der Waals surface area contributed by atoms with E-state index in [4.69, 9.17) is 18.3 Å². The molecule has 4 nitrogen and oxygen atoms in total. The Morgan fingerprint density at radius 1 is 0.933 bits per heavy atom. The van der Waals surface area contributed by atoms with Crippen molar-refractivity contribution in [3.8, 4) is 0 Å². The summed E-state index contributed by atoms with van der Waals surface area (Å²) in [6.45, 7) is 11.0. The lowest BCUT2D eigenvalue weighted by atomic mass is 10.8. The van der Waals surface area contributed by atoms with E-state index in [-0.39, 0.29) is 12.6 Å². The molecule has 0 fully saturated rings. The van der Waals surface area contributed by atoms with Crippen LogP contribution in [0.5, 0.6) is 0 Å². The van der Waals surface area contributed by atoms with Crippen LogP contribution in [-0.2, 0) is 18.3 Å². The van der Waals surface area contributed by atoms with Crippen LogP contribution in [0.1, 0.15) is 13.8 Å². The third kappa shape index (κ3) is 4.72. The van der Waals surface area contributed by atoms with Crippen LogP contribution in [0.15, 0.2) is 24.6 Å². The van der Waals surface area contributed by atoms with Gasteiger partial charge >= 0.3 is 8.56 Å². The van der Waals surface area contributed by atoms with Crippen molar-refractivity contribution < 1.29 is 18.3 Å². The summed E-state index contributed by atoms with van der Waals surface area (Å²) in [4.78, 5) is 0. The monoisotopic (exact) mass is 232 g/mol. The molecule has 0 saturated heterocycles. The maximum absolute atomic E-state index is 5.64. The fourth-order valence-corrected chi connectivity index (χ4v) is 2.76. The second-order valence-electron chi connectivity index (χ2n) is 2.97. The molecular weight excluding hydrogens is 212 g/mol. The van der Waals surface area contributed by atoms with Crippen molar-refractivity contribution >= 4 is 8.56 Å². The number of hydrogen-bond donors (Lipinski definition) is 0. The first-order chi connectivity index (χ1) is 7.03. The normalized spacial score (nSPS) is 15.7. The molecule has 0 saturated carbocycles. The van der Waals surface area contributed by atoms with Gasteiger partial charge in [0.25, 0.3) is 0 Å². The van der Waals surface area contributed by atoms with Crippen molar-refractivity contribution in [3.63, 3.8) is 0 Å². The largest absolute Gasteiger partial charge is 0.394 e. The highest BCUT2D eigenvalue weighted by molar-refractivity contribution is 6.77. The minimum atomic E-state index is -2.63. The van der Waals surface area contributed by atoms with Crippen LogP contribution in [-0.4, -0.2) is 35.4 Å². The minimum Gasteiger partial charge on any atom is -0.362 e. The molecule has 0 bridgehead atoms. The summed E-state index contributed by atoms with van der Waals surface area (Å²) in [6, 6.07) is 0. The van der Waals surface area contributed by atoms with Gasteiger partial charge in [0.1, 0.15) is 12.6 Å². The van der Waals surface area contributed by atoms with Gasteiger partial charge in [0.2, 0.25) is 0 Å². The SMILES string of the molecule is C=C[Si](C=C)(OC(C)OC)OC(C)OC. The van der Waals surface area contributed by atoms with Gasteiger partial charge in [-0.1, -0.05) is 0 Å². The smallest absolute Gasteiger partial charge is 0.362 e. The van der Waals surface area contributed by atoms with Gasteiger partial charge in [0.15, 0.2) is 0 Å². The summed E-state index contributed by atoms with van der Waals surface area (Å²) < 4.78 is 21.3. The zero-order valence-corrected chi connectivity index (χ0v) is 10.9. The van der Waals surface area contributed by atoms with E-state index < -0.39 is 8.56 Å². The van der Waals surface area contributed by atoms with Crippen LogP contribution in [0.2, 0.25) is 0 Å². The highest BCUT2D eigenvalue weighted by Crippen LogP contribution is 2.16. The molecule has 0 aromatic heterocycles. The second-order valence-corrected chi connectivity index (χ2v) is 5.70. The van der Waals surface area contributed by atoms with E-state index in [0.717, 1.165) is 0 Å². The fraction of sp³-hybridized carbons (Fsp3) is 0.600. The van der Waals surface area contributed by atoms with Crippen LogP contribution in [0.3, 0.4) is 0 Å². The highest BCUT2D eigenvalue weighted by Gasteiger charge is 2.35. The molecule has 0 rings (SSSR count). The lowest BCUT2D eigenvalue weighted by Crippen LogP contribution is -2.44. The van der Waals surface area contributed by atoms with Gasteiger partial charge in [-0.15, -0.1) is 13.2 Å². The average Bonchev–Trinajstić information content (AvgIpc) is 2.27. The van der Waals surface area contributed by atoms with Crippen molar-refractivity contribution in [2.24, 2.45) is 0 Å². The molecule has 5 heteroatoms. The van der Waals surface area contributed by atoms with Gasteiger partial charge in [-0.2, -0.15) is 0 Å². The zero-order chi connectivity index (χ0) is 11.9. The predicted molar refractivity (Wildman–Crippen MR) is 61.3 cm³/mol. The molecule has 2 unspecified atom stereocenters. The molecule has 0 amide bonds. The van der Waals surface area contributed by atoms with Gasteiger partial charge in [-0.25, -0.2) is 0 Å². The average molecular weight is 232 g/mol. The van der Waals surface area contributed by atoms with Crippen molar-refractivity contribution in [2.75, 3.05) is 14.2 Å². The Labute approximate surface area is 92.7 Å². The minimum absolute atomic E-state index is 0.364. The number of ether oxygens (including phenoxy) is 2. The Hall–Kier alpha value is -0.463. The second kappa shape index (κ2) is 6.92. The van der Waals surface area contributed by atoms with Crippen molar-refractivity contribution in [1.29, 1.82) is 0 Å². The summed E-state index contributed by atoms with van der Waals surface area (Å²) in [5, 5.41) is 0. The van der Waals surface area contributed by atoms with Gasteiger partial charge < -0.3 is 18.3 Å². The van der Waals surface area contributed by atoms with Crippen LogP contribution in [0.25, 0.3) is 0 Å². The number of methoxy groups -OCH3 is 2. The zero-order valence-electron chi connectivity index (χ0n) is 9.86. The molecule has 0 aromatic rings. The molecule has 0 radical (unpaired) electrons. The molecule has 0 aromatic carbocycles. The predicted octanol–water partition coefficient (Wildman–Crippen LogP) is 1.90. The molecule has 0 aliphatic heterocycles. The molecule has 0 spiro atoms. The highest BCUT2D eigenvalue weighted by atomic mass is 28.4. The first kappa shape index (κ1) is 14.5. The summed E-state index contributed by atoms with van der Waals surface area (Å²) in [5.74, 6) is 0. The van der Waals surface area contributed by atoms with E-state index in [1.165, 1.54) is 0 Å². The Bertz CT molecular complexity index is 186. The fourth-order valence-electron chi connectivity index (χ4n) is 0.919. The summed E-state index contributed by atoms with van der Waals surface area (Å²) in [6.07, 6.45) is -0.728. The number of rotatable bonds is 8. The van der Waals surface area contributed by atoms with E-state index in [0.29, 0.717) is 0 Å². The summed E-state index contributed by atoms with van der Waals surface area (Å²) in [5.41, 5.74) is 3.29. The van der Waals surface area contributed by atoms with Crippen LogP contribution < -0.4 is 0 Å². The maximum Gasteiger partial charge on any atom is 0.394 e. The first-order valence-electron chi connectivity index (χ1n) is 4.72. The maximum atomic E-state index is 5.64. The first-order valence-corrected chi connectivity index (χ1v) is 6.69. The third-order valence-corrected chi connectivity index (χ3v) is 4.47. The molecule has 0 heterocycles. The quantitative estimate of drug-likeness (QED) is 0.473. The third-order valence-electron chi connectivity index (χ3n) is 1.93. The van der Waals surface area contributed by atoms with Crippen LogP contribution in [0.4, 0.5) is 0 Å². The number of hydrogen-bond acceptors (Lipinski definition) is 4. The Morgan fingerprint density at radius 3 is 1.47 bits per heavy atom. The van der Waals surface area contributed by atoms with Gasteiger partial charge in [0.05, 0.1) is 0 Å². The van der Waals surface area contributed by atoms with Crippen molar-refractivity contribution in [1.82, 2.24) is 0 Å². The van der Waals surface area contributed by atoms with Gasteiger partial charge in [-0.3, -0.25) is 0 Å². The molecule has 0 aliphatic rings. The van der Waals surface area contributed by atoms with E-state index >= 15 is 0 Å².